The molecule has 0 bridgehead atoms. The van der Waals surface area contributed by atoms with Gasteiger partial charge in [0.2, 0.25) is 5.91 Å². The van der Waals surface area contributed by atoms with Crippen molar-refractivity contribution in [2.24, 2.45) is 5.92 Å². The number of carbonyl (C=O) groups excluding carboxylic acids is 1. The smallest absolute Gasteiger partial charge is 0.333 e. The molecule has 0 saturated carbocycles. The molecule has 1 aromatic rings. The first-order chi connectivity index (χ1) is 8.75. The summed E-state index contributed by atoms with van der Waals surface area (Å²) in [6.45, 7) is 5.32. The highest BCUT2D eigenvalue weighted by atomic mass is 79.9. The van der Waals surface area contributed by atoms with E-state index in [1.165, 1.54) is 6.92 Å². The summed E-state index contributed by atoms with van der Waals surface area (Å²) in [6, 6.07) is 6.89. The number of carboxylic acid groups (broad SMARTS) is 1. The second-order valence-corrected chi connectivity index (χ2v) is 6.00. The van der Waals surface area contributed by atoms with Gasteiger partial charge in [0, 0.05) is 10.9 Å². The maximum absolute atomic E-state index is 11.8. The highest BCUT2D eigenvalue weighted by Crippen LogP contribution is 2.23. The first-order valence-corrected chi connectivity index (χ1v) is 6.85. The second kappa shape index (κ2) is 6.19. The molecule has 0 heterocycles. The van der Waals surface area contributed by atoms with Crippen molar-refractivity contribution >= 4 is 27.8 Å². The minimum Gasteiger partial charge on any atom is -0.479 e. The summed E-state index contributed by atoms with van der Waals surface area (Å²) in [4.78, 5) is 23.3. The van der Waals surface area contributed by atoms with Gasteiger partial charge in [-0.2, -0.15) is 0 Å². The minimum atomic E-state index is -1.41. The van der Waals surface area contributed by atoms with E-state index in [2.05, 4.69) is 21.2 Å². The molecule has 1 atom stereocenters. The van der Waals surface area contributed by atoms with Crippen LogP contribution in [0.5, 0.6) is 0 Å². The predicted molar refractivity (Wildman–Crippen MR) is 76.7 cm³/mol. The van der Waals surface area contributed by atoms with Crippen molar-refractivity contribution in [3.63, 3.8) is 0 Å². The van der Waals surface area contributed by atoms with Gasteiger partial charge in [-0.1, -0.05) is 41.9 Å². The van der Waals surface area contributed by atoms with Crippen LogP contribution in [0.2, 0.25) is 0 Å². The fourth-order valence-corrected chi connectivity index (χ4v) is 2.00. The van der Waals surface area contributed by atoms with Crippen molar-refractivity contribution in [3.8, 4) is 0 Å². The standard InChI is InChI=1S/C14H18BrNO3/c1-9(2)8-12(17)16-14(3,13(18)19)10-4-6-11(15)7-5-10/h4-7,9H,8H2,1-3H3,(H,16,17)(H,18,19). The topological polar surface area (TPSA) is 66.4 Å². The quantitative estimate of drug-likeness (QED) is 0.873. The molecule has 0 fully saturated rings. The molecule has 1 rings (SSSR count). The van der Waals surface area contributed by atoms with Crippen molar-refractivity contribution in [2.45, 2.75) is 32.7 Å². The van der Waals surface area contributed by atoms with Gasteiger partial charge in [0.05, 0.1) is 0 Å². The zero-order chi connectivity index (χ0) is 14.6. The summed E-state index contributed by atoms with van der Waals surface area (Å²) in [7, 11) is 0. The Morgan fingerprint density at radius 3 is 2.26 bits per heavy atom. The lowest BCUT2D eigenvalue weighted by Gasteiger charge is -2.27. The van der Waals surface area contributed by atoms with Crippen molar-refractivity contribution in [3.05, 3.63) is 34.3 Å². The molecule has 104 valence electrons. The minimum absolute atomic E-state index is 0.183. The number of amides is 1. The molecule has 0 aliphatic carbocycles. The number of hydrogen-bond acceptors (Lipinski definition) is 2. The molecular formula is C14H18BrNO3. The Balaban J connectivity index is 3.01. The van der Waals surface area contributed by atoms with E-state index in [0.717, 1.165) is 4.47 Å². The van der Waals surface area contributed by atoms with Crippen molar-refractivity contribution in [1.29, 1.82) is 0 Å². The second-order valence-electron chi connectivity index (χ2n) is 5.08. The van der Waals surface area contributed by atoms with Crippen molar-refractivity contribution < 1.29 is 14.7 Å². The monoisotopic (exact) mass is 327 g/mol. The van der Waals surface area contributed by atoms with Gasteiger partial charge >= 0.3 is 5.97 Å². The number of halogens is 1. The Labute approximate surface area is 121 Å². The molecule has 1 unspecified atom stereocenters. The molecule has 2 N–H and O–H groups in total. The van der Waals surface area contributed by atoms with Crippen LogP contribution in [0.3, 0.4) is 0 Å². The Kier molecular flexibility index (Phi) is 5.11. The molecule has 0 saturated heterocycles. The third kappa shape index (κ3) is 4.06. The fraction of sp³-hybridized carbons (Fsp3) is 0.429. The molecule has 19 heavy (non-hydrogen) atoms. The molecule has 0 spiro atoms. The summed E-state index contributed by atoms with van der Waals surface area (Å²) in [6.07, 6.45) is 0.305. The van der Waals surface area contributed by atoms with E-state index < -0.39 is 11.5 Å². The molecule has 4 nitrogen and oxygen atoms in total. The maximum atomic E-state index is 11.8. The first-order valence-electron chi connectivity index (χ1n) is 6.06. The lowest BCUT2D eigenvalue weighted by atomic mass is 9.91. The van der Waals surface area contributed by atoms with Crippen LogP contribution in [0.15, 0.2) is 28.7 Å². The van der Waals surface area contributed by atoms with E-state index in [4.69, 9.17) is 0 Å². The number of carbonyl (C=O) groups is 2. The van der Waals surface area contributed by atoms with Crippen LogP contribution >= 0.6 is 15.9 Å². The summed E-state index contributed by atoms with van der Waals surface area (Å²) < 4.78 is 0.859. The maximum Gasteiger partial charge on any atom is 0.333 e. The molecule has 0 radical (unpaired) electrons. The Hall–Kier alpha value is -1.36. The third-order valence-electron chi connectivity index (χ3n) is 2.83. The number of hydrogen-bond donors (Lipinski definition) is 2. The number of carboxylic acids is 1. The molecule has 0 aliphatic heterocycles. The molecule has 1 aromatic carbocycles. The lowest BCUT2D eigenvalue weighted by molar-refractivity contribution is -0.147. The van der Waals surface area contributed by atoms with E-state index in [-0.39, 0.29) is 11.8 Å². The number of nitrogens with one attached hydrogen (secondary N) is 1. The molecule has 0 aliphatic rings. The van der Waals surface area contributed by atoms with E-state index in [1.807, 2.05) is 13.8 Å². The van der Waals surface area contributed by atoms with E-state index in [0.29, 0.717) is 12.0 Å². The van der Waals surface area contributed by atoms with Gasteiger partial charge in [-0.05, 0) is 30.5 Å². The van der Waals surface area contributed by atoms with Gasteiger partial charge in [0.1, 0.15) is 0 Å². The molecule has 0 aromatic heterocycles. The van der Waals surface area contributed by atoms with Crippen molar-refractivity contribution in [1.82, 2.24) is 5.32 Å². The molecular weight excluding hydrogens is 310 g/mol. The Morgan fingerprint density at radius 2 is 1.84 bits per heavy atom. The number of benzene rings is 1. The third-order valence-corrected chi connectivity index (χ3v) is 3.36. The SMILES string of the molecule is CC(C)CC(=O)NC(C)(C(=O)O)c1ccc(Br)cc1. The largest absolute Gasteiger partial charge is 0.479 e. The van der Waals surface area contributed by atoms with Crippen LogP contribution in [-0.4, -0.2) is 17.0 Å². The van der Waals surface area contributed by atoms with E-state index >= 15 is 0 Å². The van der Waals surface area contributed by atoms with E-state index in [9.17, 15) is 14.7 Å². The Morgan fingerprint density at radius 1 is 1.32 bits per heavy atom. The van der Waals surface area contributed by atoms with Crippen LogP contribution in [0.25, 0.3) is 0 Å². The molecule has 1 amide bonds. The van der Waals surface area contributed by atoms with Crippen LogP contribution in [0, 0.1) is 5.92 Å². The van der Waals surface area contributed by atoms with Crippen LogP contribution < -0.4 is 5.32 Å². The summed E-state index contributed by atoms with van der Waals surface area (Å²) >= 11 is 3.30. The van der Waals surface area contributed by atoms with Gasteiger partial charge in [0.15, 0.2) is 5.54 Å². The van der Waals surface area contributed by atoms with Crippen molar-refractivity contribution in [2.75, 3.05) is 0 Å². The average molecular weight is 328 g/mol. The van der Waals surface area contributed by atoms with Gasteiger partial charge < -0.3 is 10.4 Å². The normalized spacial score (nSPS) is 13.9. The van der Waals surface area contributed by atoms with Crippen LogP contribution in [0.1, 0.15) is 32.8 Å². The fourth-order valence-electron chi connectivity index (χ4n) is 1.73. The predicted octanol–water partition coefficient (Wildman–Crippen LogP) is 2.91. The van der Waals surface area contributed by atoms with Gasteiger partial charge in [-0.3, -0.25) is 4.79 Å². The first kappa shape index (κ1) is 15.7. The number of aliphatic carboxylic acids is 1. The highest BCUT2D eigenvalue weighted by molar-refractivity contribution is 9.10. The van der Waals surface area contributed by atoms with E-state index in [1.54, 1.807) is 24.3 Å². The van der Waals surface area contributed by atoms with Gasteiger partial charge in [-0.25, -0.2) is 4.79 Å². The zero-order valence-electron chi connectivity index (χ0n) is 11.2. The lowest BCUT2D eigenvalue weighted by Crippen LogP contribution is -2.49. The summed E-state index contributed by atoms with van der Waals surface area (Å²) in [5, 5.41) is 12.0. The van der Waals surface area contributed by atoms with Crippen LogP contribution in [0.4, 0.5) is 0 Å². The summed E-state index contributed by atoms with van der Waals surface area (Å²) in [5.41, 5.74) is -0.868. The highest BCUT2D eigenvalue weighted by Gasteiger charge is 2.36. The van der Waals surface area contributed by atoms with Gasteiger partial charge in [0.25, 0.3) is 0 Å². The van der Waals surface area contributed by atoms with Crippen LogP contribution in [-0.2, 0) is 15.1 Å². The summed E-state index contributed by atoms with van der Waals surface area (Å²) in [5.74, 6) is -1.15. The van der Waals surface area contributed by atoms with Gasteiger partial charge in [-0.15, -0.1) is 0 Å². The zero-order valence-corrected chi connectivity index (χ0v) is 12.8. The Bertz CT molecular complexity index is 470. The number of rotatable bonds is 5. The molecule has 5 heteroatoms. The average Bonchev–Trinajstić information content (AvgIpc) is 2.27.